The van der Waals surface area contributed by atoms with Crippen LogP contribution in [0.4, 0.5) is 4.79 Å². The largest absolute Gasteiger partial charge is 0.474 e. The van der Waals surface area contributed by atoms with Crippen LogP contribution in [0.15, 0.2) is 54.7 Å². The van der Waals surface area contributed by atoms with Crippen molar-refractivity contribution in [3.05, 3.63) is 54.7 Å². The van der Waals surface area contributed by atoms with E-state index in [1.165, 1.54) is 0 Å². The molecule has 1 aromatic heterocycles. The summed E-state index contributed by atoms with van der Waals surface area (Å²) in [5, 5.41) is 0. The molecule has 2 unspecified atom stereocenters. The van der Waals surface area contributed by atoms with Crippen LogP contribution >= 0.6 is 0 Å². The van der Waals surface area contributed by atoms with Crippen LogP contribution in [0.1, 0.15) is 25.7 Å². The third-order valence-corrected chi connectivity index (χ3v) is 4.77. The van der Waals surface area contributed by atoms with Crippen LogP contribution in [0.2, 0.25) is 0 Å². The summed E-state index contributed by atoms with van der Waals surface area (Å²) in [7, 11) is 0. The molecule has 2 aliphatic heterocycles. The molecule has 124 valence electrons. The number of hydrogen-bond donors (Lipinski definition) is 0. The summed E-state index contributed by atoms with van der Waals surface area (Å²) in [6, 6.07) is 15.3. The summed E-state index contributed by atoms with van der Waals surface area (Å²) in [5.41, 5.74) is 0. The van der Waals surface area contributed by atoms with Gasteiger partial charge in [-0.05, 0) is 31.0 Å². The van der Waals surface area contributed by atoms with Crippen molar-refractivity contribution in [3.63, 3.8) is 0 Å². The first-order valence-corrected chi connectivity index (χ1v) is 8.42. The maximum Gasteiger partial charge on any atom is 0.415 e. The SMILES string of the molecule is O=C(Oc1ccccc1)N1C2CCC1CC(Oc1ccccn1)C2. The third kappa shape index (κ3) is 3.07. The molecule has 5 heteroatoms. The summed E-state index contributed by atoms with van der Waals surface area (Å²) in [6.45, 7) is 0. The highest BCUT2D eigenvalue weighted by Gasteiger charge is 2.45. The van der Waals surface area contributed by atoms with Crippen molar-refractivity contribution >= 4 is 6.09 Å². The molecule has 2 aromatic rings. The molecule has 0 aliphatic carbocycles. The number of piperidine rings is 1. The lowest BCUT2D eigenvalue weighted by atomic mass is 10.0. The molecule has 3 heterocycles. The molecule has 2 atom stereocenters. The number of benzene rings is 1. The number of aromatic nitrogens is 1. The maximum atomic E-state index is 12.5. The first kappa shape index (κ1) is 15.0. The third-order valence-electron chi connectivity index (χ3n) is 4.77. The lowest BCUT2D eigenvalue weighted by Crippen LogP contribution is -2.50. The molecular formula is C19H20N2O3. The lowest BCUT2D eigenvalue weighted by molar-refractivity contribution is 0.0507. The van der Waals surface area contributed by atoms with Gasteiger partial charge in [-0.2, -0.15) is 0 Å². The van der Waals surface area contributed by atoms with Gasteiger partial charge in [0.05, 0.1) is 0 Å². The molecule has 2 bridgehead atoms. The van der Waals surface area contributed by atoms with E-state index in [0.29, 0.717) is 11.6 Å². The topological polar surface area (TPSA) is 51.7 Å². The predicted octanol–water partition coefficient (Wildman–Crippen LogP) is 3.65. The molecule has 1 amide bonds. The number of fused-ring (bicyclic) bond motifs is 2. The molecule has 0 N–H and O–H groups in total. The fraction of sp³-hybridized carbons (Fsp3) is 0.368. The number of amides is 1. The Kier molecular flexibility index (Phi) is 4.07. The molecule has 0 radical (unpaired) electrons. The molecule has 5 nitrogen and oxygen atoms in total. The van der Waals surface area contributed by atoms with E-state index in [1.54, 1.807) is 18.3 Å². The van der Waals surface area contributed by atoms with Gasteiger partial charge in [0, 0.05) is 37.2 Å². The average Bonchev–Trinajstić information content (AvgIpc) is 2.88. The van der Waals surface area contributed by atoms with Gasteiger partial charge < -0.3 is 14.4 Å². The number of hydrogen-bond acceptors (Lipinski definition) is 4. The number of para-hydroxylation sites is 1. The first-order chi connectivity index (χ1) is 11.8. The summed E-state index contributed by atoms with van der Waals surface area (Å²) in [5.74, 6) is 1.25. The van der Waals surface area contributed by atoms with Crippen molar-refractivity contribution in [3.8, 4) is 11.6 Å². The zero-order chi connectivity index (χ0) is 16.4. The van der Waals surface area contributed by atoms with Crippen LogP contribution in [0.25, 0.3) is 0 Å². The summed E-state index contributed by atoms with van der Waals surface area (Å²) in [6.07, 6.45) is 5.28. The van der Waals surface area contributed by atoms with Crippen LogP contribution in [0.3, 0.4) is 0 Å². The van der Waals surface area contributed by atoms with Crippen LogP contribution in [0, 0.1) is 0 Å². The Hall–Kier alpha value is -2.56. The van der Waals surface area contributed by atoms with Crippen molar-refractivity contribution in [1.82, 2.24) is 9.88 Å². The maximum absolute atomic E-state index is 12.5. The Balaban J connectivity index is 1.40. The lowest BCUT2D eigenvalue weighted by Gasteiger charge is -2.37. The van der Waals surface area contributed by atoms with Gasteiger partial charge in [-0.25, -0.2) is 9.78 Å². The van der Waals surface area contributed by atoms with E-state index in [0.717, 1.165) is 25.7 Å². The highest BCUT2D eigenvalue weighted by molar-refractivity contribution is 5.72. The first-order valence-electron chi connectivity index (χ1n) is 8.42. The second kappa shape index (κ2) is 6.51. The van der Waals surface area contributed by atoms with Crippen molar-refractivity contribution in [2.24, 2.45) is 0 Å². The second-order valence-corrected chi connectivity index (χ2v) is 6.35. The van der Waals surface area contributed by atoms with Gasteiger partial charge in [-0.1, -0.05) is 24.3 Å². The standard InChI is InChI=1S/C19H20N2O3/c22-19(24-16-6-2-1-3-7-16)21-14-9-10-15(21)13-17(12-14)23-18-8-4-5-11-20-18/h1-8,11,14-15,17H,9-10,12-13H2. The fourth-order valence-electron chi connectivity index (χ4n) is 3.75. The molecule has 1 aromatic carbocycles. The van der Waals surface area contributed by atoms with Crippen LogP contribution in [-0.4, -0.2) is 34.2 Å². The van der Waals surface area contributed by atoms with Gasteiger partial charge in [0.1, 0.15) is 11.9 Å². The Bertz CT molecular complexity index is 678. The average molecular weight is 324 g/mol. The number of pyridine rings is 1. The smallest absolute Gasteiger partial charge is 0.415 e. The molecule has 2 fully saturated rings. The number of nitrogens with zero attached hydrogens (tertiary/aromatic N) is 2. The van der Waals surface area contributed by atoms with E-state index in [1.807, 2.05) is 41.3 Å². The van der Waals surface area contributed by atoms with Gasteiger partial charge in [0.2, 0.25) is 5.88 Å². The van der Waals surface area contributed by atoms with Crippen molar-refractivity contribution < 1.29 is 14.3 Å². The Morgan fingerprint density at radius 2 is 1.71 bits per heavy atom. The monoisotopic (exact) mass is 324 g/mol. The van der Waals surface area contributed by atoms with Gasteiger partial charge in [0.15, 0.2) is 0 Å². The molecule has 0 saturated carbocycles. The second-order valence-electron chi connectivity index (χ2n) is 6.35. The van der Waals surface area contributed by atoms with Crippen LogP contribution < -0.4 is 9.47 Å². The van der Waals surface area contributed by atoms with Gasteiger partial charge in [-0.3, -0.25) is 0 Å². The van der Waals surface area contributed by atoms with E-state index >= 15 is 0 Å². The van der Waals surface area contributed by atoms with Gasteiger partial charge in [-0.15, -0.1) is 0 Å². The van der Waals surface area contributed by atoms with Crippen LogP contribution in [-0.2, 0) is 0 Å². The molecular weight excluding hydrogens is 304 g/mol. The minimum Gasteiger partial charge on any atom is -0.474 e. The summed E-state index contributed by atoms with van der Waals surface area (Å²) in [4.78, 5) is 18.7. The molecule has 2 aliphatic rings. The normalized spacial score (nSPS) is 25.3. The zero-order valence-corrected chi connectivity index (χ0v) is 13.4. The highest BCUT2D eigenvalue weighted by Crippen LogP contribution is 2.37. The Labute approximate surface area is 141 Å². The van der Waals surface area contributed by atoms with Gasteiger partial charge in [0.25, 0.3) is 0 Å². The van der Waals surface area contributed by atoms with Crippen molar-refractivity contribution in [2.45, 2.75) is 43.9 Å². The van der Waals surface area contributed by atoms with E-state index < -0.39 is 0 Å². The fourth-order valence-corrected chi connectivity index (χ4v) is 3.75. The number of ether oxygens (including phenoxy) is 2. The Morgan fingerprint density at radius 1 is 1.00 bits per heavy atom. The van der Waals surface area contributed by atoms with E-state index in [-0.39, 0.29) is 24.3 Å². The highest BCUT2D eigenvalue weighted by atomic mass is 16.6. The molecule has 24 heavy (non-hydrogen) atoms. The minimum atomic E-state index is -0.245. The molecule has 4 rings (SSSR count). The zero-order valence-electron chi connectivity index (χ0n) is 13.4. The summed E-state index contributed by atoms with van der Waals surface area (Å²) < 4.78 is 11.5. The van der Waals surface area contributed by atoms with E-state index in [4.69, 9.17) is 9.47 Å². The minimum absolute atomic E-state index is 0.109. The number of rotatable bonds is 3. The number of carbonyl (C=O) groups excluding carboxylic acids is 1. The van der Waals surface area contributed by atoms with Crippen molar-refractivity contribution in [2.75, 3.05) is 0 Å². The predicted molar refractivity (Wildman–Crippen MR) is 89.0 cm³/mol. The van der Waals surface area contributed by atoms with E-state index in [9.17, 15) is 4.79 Å². The van der Waals surface area contributed by atoms with E-state index in [2.05, 4.69) is 4.98 Å². The quantitative estimate of drug-likeness (QED) is 0.865. The van der Waals surface area contributed by atoms with Gasteiger partial charge >= 0.3 is 6.09 Å². The summed E-state index contributed by atoms with van der Waals surface area (Å²) >= 11 is 0. The molecule has 2 saturated heterocycles. The molecule has 0 spiro atoms. The number of carbonyl (C=O) groups is 1. The van der Waals surface area contributed by atoms with Crippen molar-refractivity contribution in [1.29, 1.82) is 0 Å². The Morgan fingerprint density at radius 3 is 2.38 bits per heavy atom. The van der Waals surface area contributed by atoms with Crippen LogP contribution in [0.5, 0.6) is 11.6 Å².